The van der Waals surface area contributed by atoms with Crippen molar-refractivity contribution in [2.75, 3.05) is 7.05 Å². The highest BCUT2D eigenvalue weighted by molar-refractivity contribution is 6.31. The first-order valence-electron chi connectivity index (χ1n) is 5.88. The van der Waals surface area contributed by atoms with E-state index in [4.69, 9.17) is 11.6 Å². The standard InChI is InChI=1S/C14H16ClN3/c1-10-3-4-11(13(15)5-10)6-14(16-2)12-7-17-9-18-8-12/h3-5,7-9,14,16H,6H2,1-2H3. The molecule has 1 atom stereocenters. The minimum Gasteiger partial charge on any atom is -0.313 e. The molecule has 2 rings (SSSR count). The number of aryl methyl sites for hydroxylation is 1. The fourth-order valence-electron chi connectivity index (χ4n) is 1.91. The smallest absolute Gasteiger partial charge is 0.115 e. The van der Waals surface area contributed by atoms with Crippen molar-refractivity contribution in [3.05, 3.63) is 58.6 Å². The number of likely N-dealkylation sites (N-methyl/N-ethyl adjacent to an activating group) is 1. The van der Waals surface area contributed by atoms with E-state index in [1.54, 1.807) is 0 Å². The molecule has 4 heteroatoms. The molecule has 1 unspecified atom stereocenters. The van der Waals surface area contributed by atoms with Crippen LogP contribution in [0.3, 0.4) is 0 Å². The highest BCUT2D eigenvalue weighted by atomic mass is 35.5. The van der Waals surface area contributed by atoms with Crippen LogP contribution in [0.4, 0.5) is 0 Å². The van der Waals surface area contributed by atoms with Gasteiger partial charge in [0.15, 0.2) is 0 Å². The largest absolute Gasteiger partial charge is 0.313 e. The molecule has 1 N–H and O–H groups in total. The van der Waals surface area contributed by atoms with Gasteiger partial charge >= 0.3 is 0 Å². The van der Waals surface area contributed by atoms with Gasteiger partial charge in [-0.2, -0.15) is 0 Å². The predicted molar refractivity (Wildman–Crippen MR) is 73.7 cm³/mol. The van der Waals surface area contributed by atoms with Crippen LogP contribution >= 0.6 is 11.6 Å². The molecule has 0 radical (unpaired) electrons. The van der Waals surface area contributed by atoms with Crippen LogP contribution in [-0.2, 0) is 6.42 Å². The van der Waals surface area contributed by atoms with E-state index in [0.717, 1.165) is 22.6 Å². The van der Waals surface area contributed by atoms with E-state index in [1.165, 1.54) is 11.9 Å². The van der Waals surface area contributed by atoms with Gasteiger partial charge < -0.3 is 5.32 Å². The molecule has 1 heterocycles. The Balaban J connectivity index is 2.21. The van der Waals surface area contributed by atoms with Gasteiger partial charge in [-0.05, 0) is 37.6 Å². The van der Waals surface area contributed by atoms with Gasteiger partial charge in [0, 0.05) is 29.0 Å². The number of nitrogens with zero attached hydrogens (tertiary/aromatic N) is 2. The molecule has 1 aromatic heterocycles. The van der Waals surface area contributed by atoms with Crippen LogP contribution < -0.4 is 5.32 Å². The zero-order chi connectivity index (χ0) is 13.0. The summed E-state index contributed by atoms with van der Waals surface area (Å²) in [5.41, 5.74) is 3.37. The van der Waals surface area contributed by atoms with E-state index in [9.17, 15) is 0 Å². The third kappa shape index (κ3) is 3.06. The Bertz CT molecular complexity index is 514. The summed E-state index contributed by atoms with van der Waals surface area (Å²) in [6.07, 6.45) is 6.02. The molecule has 94 valence electrons. The lowest BCUT2D eigenvalue weighted by Crippen LogP contribution is -2.19. The van der Waals surface area contributed by atoms with Crippen molar-refractivity contribution < 1.29 is 0 Å². The Morgan fingerprint density at radius 2 is 2.00 bits per heavy atom. The summed E-state index contributed by atoms with van der Waals surface area (Å²) in [5.74, 6) is 0. The van der Waals surface area contributed by atoms with Gasteiger partial charge in [-0.3, -0.25) is 0 Å². The Morgan fingerprint density at radius 3 is 2.61 bits per heavy atom. The molecular weight excluding hydrogens is 246 g/mol. The monoisotopic (exact) mass is 261 g/mol. The molecule has 0 spiro atoms. The van der Waals surface area contributed by atoms with Gasteiger partial charge in [-0.25, -0.2) is 9.97 Å². The summed E-state index contributed by atoms with van der Waals surface area (Å²) in [5, 5.41) is 4.08. The minimum absolute atomic E-state index is 0.173. The van der Waals surface area contributed by atoms with E-state index in [-0.39, 0.29) is 6.04 Å². The van der Waals surface area contributed by atoms with E-state index in [1.807, 2.05) is 32.4 Å². The first-order chi connectivity index (χ1) is 8.70. The zero-order valence-corrected chi connectivity index (χ0v) is 11.3. The minimum atomic E-state index is 0.173. The normalized spacial score (nSPS) is 12.4. The Hall–Kier alpha value is -1.45. The number of nitrogens with one attached hydrogen (secondary N) is 1. The van der Waals surface area contributed by atoms with Crippen LogP contribution in [0.25, 0.3) is 0 Å². The van der Waals surface area contributed by atoms with Gasteiger partial charge in [0.2, 0.25) is 0 Å². The Morgan fingerprint density at radius 1 is 1.28 bits per heavy atom. The number of halogens is 1. The van der Waals surface area contributed by atoms with Gasteiger partial charge in [-0.15, -0.1) is 0 Å². The van der Waals surface area contributed by atoms with Crippen molar-refractivity contribution in [2.45, 2.75) is 19.4 Å². The molecular formula is C14H16ClN3. The zero-order valence-electron chi connectivity index (χ0n) is 10.5. The number of benzene rings is 1. The molecule has 0 saturated heterocycles. The Labute approximate surface area is 112 Å². The highest BCUT2D eigenvalue weighted by Crippen LogP contribution is 2.23. The van der Waals surface area contributed by atoms with Crippen LogP contribution in [0, 0.1) is 6.92 Å². The average Bonchev–Trinajstić information content (AvgIpc) is 2.39. The second-order valence-corrected chi connectivity index (χ2v) is 4.72. The molecule has 0 aliphatic carbocycles. The maximum absolute atomic E-state index is 6.26. The predicted octanol–water partition coefficient (Wildman–Crippen LogP) is 2.94. The quantitative estimate of drug-likeness (QED) is 0.920. The van der Waals surface area contributed by atoms with Crippen molar-refractivity contribution in [1.82, 2.24) is 15.3 Å². The molecule has 0 amide bonds. The summed E-state index contributed by atoms with van der Waals surface area (Å²) in [6.45, 7) is 2.04. The van der Waals surface area contributed by atoms with Crippen molar-refractivity contribution in [1.29, 1.82) is 0 Å². The molecule has 0 fully saturated rings. The van der Waals surface area contributed by atoms with E-state index in [0.29, 0.717) is 0 Å². The van der Waals surface area contributed by atoms with Crippen LogP contribution in [-0.4, -0.2) is 17.0 Å². The first-order valence-corrected chi connectivity index (χ1v) is 6.25. The fourth-order valence-corrected chi connectivity index (χ4v) is 2.23. The lowest BCUT2D eigenvalue weighted by Gasteiger charge is -2.16. The van der Waals surface area contributed by atoms with Crippen molar-refractivity contribution in [2.24, 2.45) is 0 Å². The molecule has 3 nitrogen and oxygen atoms in total. The second kappa shape index (κ2) is 5.94. The lowest BCUT2D eigenvalue weighted by atomic mass is 10.0. The SMILES string of the molecule is CNC(Cc1ccc(C)cc1Cl)c1cncnc1. The van der Waals surface area contributed by atoms with E-state index >= 15 is 0 Å². The number of aromatic nitrogens is 2. The van der Waals surface area contributed by atoms with E-state index in [2.05, 4.69) is 27.4 Å². The van der Waals surface area contributed by atoms with Gasteiger partial charge in [-0.1, -0.05) is 23.7 Å². The van der Waals surface area contributed by atoms with Gasteiger partial charge in [0.25, 0.3) is 0 Å². The third-order valence-electron chi connectivity index (χ3n) is 2.96. The highest BCUT2D eigenvalue weighted by Gasteiger charge is 2.12. The summed E-state index contributed by atoms with van der Waals surface area (Å²) in [6, 6.07) is 6.32. The molecule has 0 bridgehead atoms. The molecule has 1 aromatic carbocycles. The number of hydrogen-bond donors (Lipinski definition) is 1. The van der Waals surface area contributed by atoms with Crippen LogP contribution in [0.2, 0.25) is 5.02 Å². The average molecular weight is 262 g/mol. The second-order valence-electron chi connectivity index (χ2n) is 4.31. The number of hydrogen-bond acceptors (Lipinski definition) is 3. The topological polar surface area (TPSA) is 37.8 Å². The molecule has 2 aromatic rings. The molecule has 18 heavy (non-hydrogen) atoms. The number of rotatable bonds is 4. The van der Waals surface area contributed by atoms with Crippen molar-refractivity contribution in [3.63, 3.8) is 0 Å². The summed E-state index contributed by atoms with van der Waals surface area (Å²) >= 11 is 6.26. The Kier molecular flexibility index (Phi) is 4.28. The summed E-state index contributed by atoms with van der Waals surface area (Å²) in [7, 11) is 1.93. The first kappa shape index (κ1) is 13.0. The molecule has 0 saturated carbocycles. The van der Waals surface area contributed by atoms with Crippen LogP contribution in [0.5, 0.6) is 0 Å². The summed E-state index contributed by atoms with van der Waals surface area (Å²) < 4.78 is 0. The van der Waals surface area contributed by atoms with E-state index < -0.39 is 0 Å². The maximum Gasteiger partial charge on any atom is 0.115 e. The van der Waals surface area contributed by atoms with Crippen molar-refractivity contribution in [3.8, 4) is 0 Å². The van der Waals surface area contributed by atoms with Gasteiger partial charge in [0.1, 0.15) is 6.33 Å². The maximum atomic E-state index is 6.26. The lowest BCUT2D eigenvalue weighted by molar-refractivity contribution is 0.587. The summed E-state index contributed by atoms with van der Waals surface area (Å²) in [4.78, 5) is 8.10. The van der Waals surface area contributed by atoms with Crippen LogP contribution in [0.1, 0.15) is 22.7 Å². The molecule has 0 aliphatic rings. The molecule has 0 aliphatic heterocycles. The van der Waals surface area contributed by atoms with Gasteiger partial charge in [0.05, 0.1) is 0 Å². The fraction of sp³-hybridized carbons (Fsp3) is 0.286. The third-order valence-corrected chi connectivity index (χ3v) is 3.32. The van der Waals surface area contributed by atoms with Crippen molar-refractivity contribution >= 4 is 11.6 Å². The van der Waals surface area contributed by atoms with Crippen LogP contribution in [0.15, 0.2) is 36.9 Å².